The molecule has 1 saturated carbocycles. The second-order valence-electron chi connectivity index (χ2n) is 8.10. The Morgan fingerprint density at radius 3 is 2.97 bits per heavy atom. The van der Waals surface area contributed by atoms with E-state index >= 15 is 0 Å². The average molecular weight is 431 g/mol. The molecule has 30 heavy (non-hydrogen) atoms. The minimum absolute atomic E-state index is 0.459. The number of nitrogens with one attached hydrogen (secondary N) is 2. The Morgan fingerprint density at radius 2 is 2.17 bits per heavy atom. The van der Waals surface area contributed by atoms with Gasteiger partial charge in [-0.25, -0.2) is 0 Å². The zero-order valence-corrected chi connectivity index (χ0v) is 18.4. The van der Waals surface area contributed by atoms with Gasteiger partial charge in [0.25, 0.3) is 0 Å². The predicted molar refractivity (Wildman–Crippen MR) is 120 cm³/mol. The fourth-order valence-electron chi connectivity index (χ4n) is 4.38. The van der Waals surface area contributed by atoms with Gasteiger partial charge in [-0.15, -0.1) is 0 Å². The molecule has 2 heterocycles. The minimum Gasteiger partial charge on any atom is -0.357 e. The van der Waals surface area contributed by atoms with Gasteiger partial charge in [0.2, 0.25) is 11.7 Å². The molecule has 0 amide bonds. The van der Waals surface area contributed by atoms with E-state index in [1.807, 2.05) is 24.3 Å². The number of hydrogen-bond acceptors (Lipinski definition) is 5. The van der Waals surface area contributed by atoms with Crippen molar-refractivity contribution in [1.82, 2.24) is 25.7 Å². The van der Waals surface area contributed by atoms with Crippen LogP contribution in [0.1, 0.15) is 44.9 Å². The second-order valence-corrected chi connectivity index (χ2v) is 8.53. The van der Waals surface area contributed by atoms with E-state index in [4.69, 9.17) is 21.1 Å². The molecule has 162 valence electrons. The van der Waals surface area contributed by atoms with Crippen LogP contribution in [0.25, 0.3) is 11.4 Å². The number of aromatic nitrogens is 2. The molecule has 2 fully saturated rings. The lowest BCUT2D eigenvalue weighted by Gasteiger charge is -2.24. The van der Waals surface area contributed by atoms with Gasteiger partial charge >= 0.3 is 0 Å². The van der Waals surface area contributed by atoms with E-state index in [2.05, 4.69) is 32.6 Å². The highest BCUT2D eigenvalue weighted by Crippen LogP contribution is 2.26. The lowest BCUT2D eigenvalue weighted by atomic mass is 10.2. The van der Waals surface area contributed by atoms with Crippen molar-refractivity contribution in [1.29, 1.82) is 0 Å². The SMILES string of the molecule is CCNC(=NCCc1nc(-c2cccc(Cl)c2)no1)NC1CCN(C2CCCC2)C1. The van der Waals surface area contributed by atoms with Crippen molar-refractivity contribution in [2.75, 3.05) is 26.2 Å². The highest BCUT2D eigenvalue weighted by molar-refractivity contribution is 6.30. The highest BCUT2D eigenvalue weighted by atomic mass is 35.5. The third-order valence-corrected chi connectivity index (χ3v) is 6.13. The molecule has 2 N–H and O–H groups in total. The molecule has 0 spiro atoms. The number of nitrogens with zero attached hydrogens (tertiary/aromatic N) is 4. The number of halogens is 1. The summed E-state index contributed by atoms with van der Waals surface area (Å²) in [7, 11) is 0. The topological polar surface area (TPSA) is 78.6 Å². The van der Waals surface area contributed by atoms with Gasteiger partial charge in [-0.05, 0) is 38.3 Å². The van der Waals surface area contributed by atoms with Crippen LogP contribution < -0.4 is 10.6 Å². The zero-order valence-electron chi connectivity index (χ0n) is 17.6. The summed E-state index contributed by atoms with van der Waals surface area (Å²) in [5, 5.41) is 11.7. The molecule has 1 aliphatic heterocycles. The molecule has 2 aromatic rings. The number of likely N-dealkylation sites (tertiary alicyclic amines) is 1. The maximum atomic E-state index is 6.04. The third-order valence-electron chi connectivity index (χ3n) is 5.89. The van der Waals surface area contributed by atoms with Gasteiger partial charge < -0.3 is 15.2 Å². The van der Waals surface area contributed by atoms with Crippen LogP contribution in [0.4, 0.5) is 0 Å². The van der Waals surface area contributed by atoms with Gasteiger partial charge in [0.1, 0.15) is 0 Å². The van der Waals surface area contributed by atoms with Crippen LogP contribution >= 0.6 is 11.6 Å². The van der Waals surface area contributed by atoms with Gasteiger partial charge in [-0.2, -0.15) is 4.98 Å². The molecule has 8 heteroatoms. The summed E-state index contributed by atoms with van der Waals surface area (Å²) >= 11 is 6.04. The van der Waals surface area contributed by atoms with E-state index in [1.165, 1.54) is 38.6 Å². The molecule has 1 unspecified atom stereocenters. The van der Waals surface area contributed by atoms with Crippen LogP contribution in [-0.4, -0.2) is 59.3 Å². The fraction of sp³-hybridized carbons (Fsp3) is 0.591. The number of aliphatic imine (C=N–C) groups is 1. The standard InChI is InChI=1S/C22H31ClN6O/c1-2-24-22(26-18-11-13-29(15-18)19-8-3-4-9-19)25-12-10-20-27-21(28-30-20)16-6-5-7-17(23)14-16/h5-7,14,18-19H,2-4,8-13,15H2,1H3,(H2,24,25,26). The Balaban J connectivity index is 1.29. The van der Waals surface area contributed by atoms with Gasteiger partial charge in [-0.1, -0.05) is 41.7 Å². The minimum atomic E-state index is 0.459. The lowest BCUT2D eigenvalue weighted by Crippen LogP contribution is -2.45. The molecular weight excluding hydrogens is 400 g/mol. The fourth-order valence-corrected chi connectivity index (χ4v) is 4.57. The van der Waals surface area contributed by atoms with Crippen molar-refractivity contribution < 1.29 is 4.52 Å². The molecule has 1 saturated heterocycles. The van der Waals surface area contributed by atoms with Crippen LogP contribution in [0.2, 0.25) is 5.02 Å². The van der Waals surface area contributed by atoms with E-state index < -0.39 is 0 Å². The Bertz CT molecular complexity index is 848. The van der Waals surface area contributed by atoms with Crippen molar-refractivity contribution in [2.45, 2.75) is 57.5 Å². The van der Waals surface area contributed by atoms with Crippen molar-refractivity contribution >= 4 is 17.6 Å². The summed E-state index contributed by atoms with van der Waals surface area (Å²) in [4.78, 5) is 11.8. The Labute approximate surface area is 183 Å². The number of guanidine groups is 1. The van der Waals surface area contributed by atoms with Crippen LogP contribution in [0.5, 0.6) is 0 Å². The molecule has 2 aliphatic rings. The van der Waals surface area contributed by atoms with Gasteiger partial charge in [0.05, 0.1) is 6.54 Å². The third kappa shape index (κ3) is 5.52. The van der Waals surface area contributed by atoms with Gasteiger partial charge in [0, 0.05) is 48.7 Å². The smallest absolute Gasteiger partial charge is 0.228 e. The molecular formula is C22H31ClN6O. The number of hydrogen-bond donors (Lipinski definition) is 2. The maximum absolute atomic E-state index is 6.04. The molecule has 1 aliphatic carbocycles. The summed E-state index contributed by atoms with van der Waals surface area (Å²) in [6.45, 7) is 5.82. The molecule has 0 bridgehead atoms. The van der Waals surface area contributed by atoms with Crippen molar-refractivity contribution in [2.24, 2.45) is 4.99 Å². The Kier molecular flexibility index (Phi) is 7.23. The first-order valence-electron chi connectivity index (χ1n) is 11.1. The molecule has 1 aromatic carbocycles. The summed E-state index contributed by atoms with van der Waals surface area (Å²) in [6, 6.07) is 8.71. The number of benzene rings is 1. The Morgan fingerprint density at radius 1 is 1.30 bits per heavy atom. The van der Waals surface area contributed by atoms with E-state index in [-0.39, 0.29) is 0 Å². The first-order chi connectivity index (χ1) is 14.7. The number of rotatable bonds is 7. The molecule has 7 nitrogen and oxygen atoms in total. The van der Waals surface area contributed by atoms with Crippen molar-refractivity contribution in [3.8, 4) is 11.4 Å². The average Bonchev–Trinajstić information content (AvgIpc) is 3.50. The van der Waals surface area contributed by atoms with Gasteiger partial charge in [-0.3, -0.25) is 9.89 Å². The van der Waals surface area contributed by atoms with E-state index in [1.54, 1.807) is 0 Å². The second kappa shape index (κ2) is 10.3. The summed E-state index contributed by atoms with van der Waals surface area (Å²) in [5.41, 5.74) is 0.851. The van der Waals surface area contributed by atoms with Gasteiger partial charge in [0.15, 0.2) is 5.96 Å². The summed E-state index contributed by atoms with van der Waals surface area (Å²) in [6.07, 6.45) is 7.27. The first-order valence-corrected chi connectivity index (χ1v) is 11.5. The van der Waals surface area contributed by atoms with Crippen LogP contribution in [-0.2, 0) is 6.42 Å². The largest absolute Gasteiger partial charge is 0.357 e. The van der Waals surface area contributed by atoms with Crippen molar-refractivity contribution in [3.05, 3.63) is 35.2 Å². The van der Waals surface area contributed by atoms with E-state index in [0.717, 1.165) is 30.7 Å². The highest BCUT2D eigenvalue weighted by Gasteiger charge is 2.30. The van der Waals surface area contributed by atoms with E-state index in [0.29, 0.717) is 35.7 Å². The van der Waals surface area contributed by atoms with Crippen molar-refractivity contribution in [3.63, 3.8) is 0 Å². The molecule has 1 atom stereocenters. The summed E-state index contributed by atoms with van der Waals surface area (Å²) < 4.78 is 5.38. The molecule has 0 radical (unpaired) electrons. The van der Waals surface area contributed by atoms with Crippen LogP contribution in [0.3, 0.4) is 0 Å². The zero-order chi connectivity index (χ0) is 20.8. The lowest BCUT2D eigenvalue weighted by molar-refractivity contribution is 0.242. The Hall–Kier alpha value is -2.12. The molecule has 1 aromatic heterocycles. The normalized spacial score (nSPS) is 20.7. The molecule has 4 rings (SSSR count). The first kappa shape index (κ1) is 21.1. The predicted octanol–water partition coefficient (Wildman–Crippen LogP) is 3.50. The van der Waals surface area contributed by atoms with Crippen LogP contribution in [0.15, 0.2) is 33.8 Å². The maximum Gasteiger partial charge on any atom is 0.228 e. The van der Waals surface area contributed by atoms with E-state index in [9.17, 15) is 0 Å². The summed E-state index contributed by atoms with van der Waals surface area (Å²) in [5.74, 6) is 2.00. The van der Waals surface area contributed by atoms with Crippen LogP contribution in [0, 0.1) is 0 Å². The monoisotopic (exact) mass is 430 g/mol. The quantitative estimate of drug-likeness (QED) is 0.517.